The van der Waals surface area contributed by atoms with Gasteiger partial charge in [0.1, 0.15) is 0 Å². The Morgan fingerprint density at radius 3 is 2.40 bits per heavy atom. The van der Waals surface area contributed by atoms with Gasteiger partial charge in [0.05, 0.1) is 18.5 Å². The Kier molecular flexibility index (Phi) is 8.26. The lowest BCUT2D eigenvalue weighted by Crippen LogP contribution is -3.00. The second-order valence-electron chi connectivity index (χ2n) is 3.52. The molecule has 0 bridgehead atoms. The van der Waals surface area contributed by atoms with E-state index in [1.54, 1.807) is 0 Å². The molecule has 0 aromatic heterocycles. The first-order chi connectivity index (χ1) is 6.72. The second-order valence-corrected chi connectivity index (χ2v) is 4.34. The number of halogens is 3. The van der Waals surface area contributed by atoms with Crippen LogP contribution in [0.5, 0.6) is 0 Å². The Labute approximate surface area is 108 Å². The summed E-state index contributed by atoms with van der Waals surface area (Å²) in [7, 11) is 0. The molecule has 15 heavy (non-hydrogen) atoms. The summed E-state index contributed by atoms with van der Waals surface area (Å²) in [5.74, 6) is 0.713. The molecular formula is C11H16Cl3N. The molecule has 86 valence electrons. The lowest BCUT2D eigenvalue weighted by atomic mass is 10.1. The van der Waals surface area contributed by atoms with Crippen LogP contribution in [-0.4, -0.2) is 18.5 Å². The standard InChI is InChI=1S/C11H15Cl2N.ClH/c1-9(14-7-6-12)8-10-2-4-11(13)5-3-10;/h2-5,9,14H,6-8H2,1H3;1H. The van der Waals surface area contributed by atoms with E-state index in [4.69, 9.17) is 23.2 Å². The molecule has 0 fully saturated rings. The molecule has 0 radical (unpaired) electrons. The predicted molar refractivity (Wildman–Crippen MR) is 62.1 cm³/mol. The Balaban J connectivity index is 0.00000196. The summed E-state index contributed by atoms with van der Waals surface area (Å²) >= 11 is 11.4. The van der Waals surface area contributed by atoms with E-state index in [-0.39, 0.29) is 12.4 Å². The van der Waals surface area contributed by atoms with Gasteiger partial charge in [-0.15, -0.1) is 11.6 Å². The van der Waals surface area contributed by atoms with Crippen molar-refractivity contribution in [2.45, 2.75) is 19.4 Å². The minimum Gasteiger partial charge on any atom is -1.00 e. The molecule has 0 saturated carbocycles. The third kappa shape index (κ3) is 6.26. The van der Waals surface area contributed by atoms with Crippen LogP contribution in [0.15, 0.2) is 24.3 Å². The van der Waals surface area contributed by atoms with Crippen LogP contribution in [0, 0.1) is 0 Å². The average Bonchev–Trinajstić information content (AvgIpc) is 2.18. The van der Waals surface area contributed by atoms with Crippen molar-refractivity contribution in [1.82, 2.24) is 0 Å². The smallest absolute Gasteiger partial charge is 0.0895 e. The second kappa shape index (κ2) is 8.23. The minimum absolute atomic E-state index is 0. The molecule has 0 amide bonds. The topological polar surface area (TPSA) is 16.6 Å². The first-order valence-corrected chi connectivity index (χ1v) is 5.77. The van der Waals surface area contributed by atoms with Crippen LogP contribution in [0.4, 0.5) is 0 Å². The minimum atomic E-state index is 0. The number of benzene rings is 1. The summed E-state index contributed by atoms with van der Waals surface area (Å²) in [6.07, 6.45) is 1.06. The predicted octanol–water partition coefficient (Wildman–Crippen LogP) is -0.923. The van der Waals surface area contributed by atoms with E-state index in [0.717, 1.165) is 18.0 Å². The molecule has 0 heterocycles. The SMILES string of the molecule is CC(Cc1ccc(Cl)cc1)[NH2+]CCCl.[Cl-]. The van der Waals surface area contributed by atoms with E-state index in [9.17, 15) is 0 Å². The van der Waals surface area contributed by atoms with E-state index in [0.29, 0.717) is 11.9 Å². The number of hydrogen-bond donors (Lipinski definition) is 1. The Bertz CT molecular complexity index is 261. The summed E-state index contributed by atoms with van der Waals surface area (Å²) in [6.45, 7) is 3.19. The van der Waals surface area contributed by atoms with Gasteiger partial charge >= 0.3 is 0 Å². The van der Waals surface area contributed by atoms with Crippen molar-refractivity contribution in [3.8, 4) is 0 Å². The van der Waals surface area contributed by atoms with Crippen molar-refractivity contribution < 1.29 is 17.7 Å². The molecule has 1 unspecified atom stereocenters. The van der Waals surface area contributed by atoms with E-state index < -0.39 is 0 Å². The number of nitrogens with two attached hydrogens (primary N) is 1. The normalized spacial score (nSPS) is 11.9. The Morgan fingerprint density at radius 1 is 1.27 bits per heavy atom. The van der Waals surface area contributed by atoms with Crippen molar-refractivity contribution in [2.24, 2.45) is 0 Å². The maximum absolute atomic E-state index is 5.81. The van der Waals surface area contributed by atoms with Crippen LogP contribution in [-0.2, 0) is 6.42 Å². The van der Waals surface area contributed by atoms with Gasteiger partial charge in [0, 0.05) is 11.4 Å². The first-order valence-electron chi connectivity index (χ1n) is 4.86. The van der Waals surface area contributed by atoms with Crippen LogP contribution < -0.4 is 17.7 Å². The van der Waals surface area contributed by atoms with Crippen LogP contribution in [0.2, 0.25) is 5.02 Å². The molecule has 2 N–H and O–H groups in total. The van der Waals surface area contributed by atoms with Gasteiger partial charge < -0.3 is 17.7 Å². The van der Waals surface area contributed by atoms with Crippen LogP contribution in [0.1, 0.15) is 12.5 Å². The summed E-state index contributed by atoms with van der Waals surface area (Å²) in [5.41, 5.74) is 1.33. The Hall–Kier alpha value is 0.0500. The van der Waals surface area contributed by atoms with Gasteiger partial charge in [0.15, 0.2) is 0 Å². The van der Waals surface area contributed by atoms with E-state index >= 15 is 0 Å². The maximum atomic E-state index is 5.81. The summed E-state index contributed by atoms with van der Waals surface area (Å²) < 4.78 is 0. The fraction of sp³-hybridized carbons (Fsp3) is 0.455. The molecule has 4 heteroatoms. The molecule has 0 spiro atoms. The van der Waals surface area contributed by atoms with Gasteiger partial charge in [0.25, 0.3) is 0 Å². The van der Waals surface area contributed by atoms with Gasteiger partial charge in [-0.1, -0.05) is 23.7 Å². The van der Waals surface area contributed by atoms with Crippen molar-refractivity contribution in [2.75, 3.05) is 12.4 Å². The maximum Gasteiger partial charge on any atom is 0.0895 e. The third-order valence-electron chi connectivity index (χ3n) is 2.15. The average molecular weight is 269 g/mol. The highest BCUT2D eigenvalue weighted by molar-refractivity contribution is 6.30. The number of quaternary nitrogens is 1. The van der Waals surface area contributed by atoms with Gasteiger partial charge in [-0.25, -0.2) is 0 Å². The largest absolute Gasteiger partial charge is 1.00 e. The van der Waals surface area contributed by atoms with Crippen LogP contribution in [0.3, 0.4) is 0 Å². The zero-order valence-electron chi connectivity index (χ0n) is 8.72. The summed E-state index contributed by atoms with van der Waals surface area (Å²) in [5, 5.41) is 3.06. The molecule has 0 aliphatic rings. The number of alkyl halides is 1. The van der Waals surface area contributed by atoms with Crippen LogP contribution >= 0.6 is 23.2 Å². The number of rotatable bonds is 5. The molecule has 0 aliphatic heterocycles. The summed E-state index contributed by atoms with van der Waals surface area (Å²) in [6, 6.07) is 8.60. The molecule has 1 aromatic carbocycles. The lowest BCUT2D eigenvalue weighted by molar-refractivity contribution is -0.682. The van der Waals surface area contributed by atoms with Gasteiger partial charge in [0.2, 0.25) is 0 Å². The fourth-order valence-electron chi connectivity index (χ4n) is 1.42. The van der Waals surface area contributed by atoms with Gasteiger partial charge in [-0.3, -0.25) is 0 Å². The molecule has 0 aliphatic carbocycles. The molecule has 1 aromatic rings. The fourth-order valence-corrected chi connectivity index (χ4v) is 1.68. The lowest BCUT2D eigenvalue weighted by Gasteiger charge is -2.09. The van der Waals surface area contributed by atoms with Crippen LogP contribution in [0.25, 0.3) is 0 Å². The third-order valence-corrected chi connectivity index (χ3v) is 2.62. The quantitative estimate of drug-likeness (QED) is 0.665. The zero-order valence-corrected chi connectivity index (χ0v) is 11.0. The molecule has 1 atom stereocenters. The highest BCUT2D eigenvalue weighted by atomic mass is 35.5. The monoisotopic (exact) mass is 267 g/mol. The van der Waals surface area contributed by atoms with E-state index in [1.807, 2.05) is 12.1 Å². The Morgan fingerprint density at radius 2 is 1.87 bits per heavy atom. The van der Waals surface area contributed by atoms with Crippen molar-refractivity contribution in [3.05, 3.63) is 34.9 Å². The molecular weight excluding hydrogens is 252 g/mol. The molecule has 1 nitrogen and oxygen atoms in total. The van der Waals surface area contributed by atoms with Gasteiger partial charge in [-0.05, 0) is 24.6 Å². The van der Waals surface area contributed by atoms with Gasteiger partial charge in [-0.2, -0.15) is 0 Å². The molecule has 1 rings (SSSR count). The van der Waals surface area contributed by atoms with E-state index in [2.05, 4.69) is 24.4 Å². The van der Waals surface area contributed by atoms with E-state index in [1.165, 1.54) is 5.56 Å². The van der Waals surface area contributed by atoms with Crippen molar-refractivity contribution in [1.29, 1.82) is 0 Å². The highest BCUT2D eigenvalue weighted by Gasteiger charge is 2.05. The van der Waals surface area contributed by atoms with Crippen molar-refractivity contribution >= 4 is 23.2 Å². The summed E-state index contributed by atoms with van der Waals surface area (Å²) in [4.78, 5) is 0. The number of hydrogen-bond acceptors (Lipinski definition) is 0. The highest BCUT2D eigenvalue weighted by Crippen LogP contribution is 2.10. The molecule has 0 saturated heterocycles. The van der Waals surface area contributed by atoms with Crippen molar-refractivity contribution in [3.63, 3.8) is 0 Å². The zero-order chi connectivity index (χ0) is 10.4. The first kappa shape index (κ1) is 15.0.